The smallest absolute Gasteiger partial charge is 0.255 e. The summed E-state index contributed by atoms with van der Waals surface area (Å²) in [5, 5.41) is 10.7. The number of rotatable bonds is 7. The quantitative estimate of drug-likeness (QED) is 0.521. The van der Waals surface area contributed by atoms with Crippen LogP contribution in [0.1, 0.15) is 55.7 Å². The van der Waals surface area contributed by atoms with Crippen molar-refractivity contribution in [1.29, 1.82) is 0 Å². The van der Waals surface area contributed by atoms with Gasteiger partial charge in [-0.3, -0.25) is 9.89 Å². The molecule has 1 amide bonds. The maximum absolute atomic E-state index is 13.1. The second-order valence-corrected chi connectivity index (χ2v) is 8.53. The van der Waals surface area contributed by atoms with Crippen molar-refractivity contribution in [3.8, 4) is 22.8 Å². The fraction of sp³-hybridized carbons (Fsp3) is 0.360. The number of amides is 1. The van der Waals surface area contributed by atoms with Gasteiger partial charge in [-0.1, -0.05) is 58.4 Å². The number of aryl methyl sites for hydroxylation is 1. The van der Waals surface area contributed by atoms with Crippen LogP contribution in [0.25, 0.3) is 11.3 Å². The lowest BCUT2D eigenvalue weighted by atomic mass is 9.86. The molecular formula is C25H31N3O3. The monoisotopic (exact) mass is 421 g/mol. The van der Waals surface area contributed by atoms with Gasteiger partial charge in [-0.2, -0.15) is 5.10 Å². The SMILES string of the molecule is CCCc1[nH]nc(-c2ccc(C(C)(C)C)cc2)c1NC(=O)c1ccc(OC)c(OC)c1. The third-order valence-corrected chi connectivity index (χ3v) is 5.25. The van der Waals surface area contributed by atoms with Gasteiger partial charge in [0.1, 0.15) is 5.69 Å². The molecule has 0 unspecified atom stereocenters. The summed E-state index contributed by atoms with van der Waals surface area (Å²) < 4.78 is 10.6. The minimum atomic E-state index is -0.229. The Hall–Kier alpha value is -3.28. The Labute approximate surface area is 184 Å². The van der Waals surface area contributed by atoms with Crippen molar-refractivity contribution in [2.75, 3.05) is 19.5 Å². The molecular weight excluding hydrogens is 390 g/mol. The van der Waals surface area contributed by atoms with E-state index < -0.39 is 0 Å². The van der Waals surface area contributed by atoms with E-state index in [2.05, 4.69) is 67.5 Å². The van der Waals surface area contributed by atoms with Crippen LogP contribution in [-0.2, 0) is 11.8 Å². The van der Waals surface area contributed by atoms with Crippen LogP contribution in [0.15, 0.2) is 42.5 Å². The minimum absolute atomic E-state index is 0.0714. The molecule has 6 heteroatoms. The topological polar surface area (TPSA) is 76.2 Å². The number of benzene rings is 2. The van der Waals surface area contributed by atoms with Crippen LogP contribution in [0.5, 0.6) is 11.5 Å². The van der Waals surface area contributed by atoms with E-state index in [1.807, 2.05) is 0 Å². The Morgan fingerprint density at radius 3 is 2.29 bits per heavy atom. The number of hydrogen-bond acceptors (Lipinski definition) is 4. The van der Waals surface area contributed by atoms with E-state index in [1.165, 1.54) is 5.56 Å². The zero-order valence-electron chi connectivity index (χ0n) is 19.1. The van der Waals surface area contributed by atoms with E-state index in [0.717, 1.165) is 29.8 Å². The molecule has 0 aliphatic heterocycles. The van der Waals surface area contributed by atoms with E-state index in [4.69, 9.17) is 9.47 Å². The van der Waals surface area contributed by atoms with E-state index in [1.54, 1.807) is 32.4 Å². The van der Waals surface area contributed by atoms with Crippen molar-refractivity contribution in [2.45, 2.75) is 46.0 Å². The number of carbonyl (C=O) groups is 1. The standard InChI is InChI=1S/C25H31N3O3/c1-7-8-19-23(26-24(29)17-11-14-20(30-5)21(15-17)31-6)22(28-27-19)16-9-12-18(13-10-16)25(2,3)4/h9-15H,7-8H2,1-6H3,(H,26,29)(H,27,28). The van der Waals surface area contributed by atoms with Crippen LogP contribution in [0.2, 0.25) is 0 Å². The molecule has 2 N–H and O–H groups in total. The van der Waals surface area contributed by atoms with Crippen LogP contribution >= 0.6 is 0 Å². The number of hydrogen-bond donors (Lipinski definition) is 2. The van der Waals surface area contributed by atoms with Gasteiger partial charge < -0.3 is 14.8 Å². The maximum atomic E-state index is 13.1. The molecule has 1 aromatic heterocycles. The summed E-state index contributed by atoms with van der Waals surface area (Å²) >= 11 is 0. The summed E-state index contributed by atoms with van der Waals surface area (Å²) in [4.78, 5) is 13.1. The summed E-state index contributed by atoms with van der Waals surface area (Å²) in [7, 11) is 3.12. The van der Waals surface area contributed by atoms with Gasteiger partial charge in [0.15, 0.2) is 11.5 Å². The highest BCUT2D eigenvalue weighted by Crippen LogP contribution is 2.33. The summed E-state index contributed by atoms with van der Waals surface area (Å²) in [6.07, 6.45) is 1.72. The number of anilines is 1. The molecule has 0 aliphatic carbocycles. The predicted octanol–water partition coefficient (Wildman–Crippen LogP) is 5.60. The van der Waals surface area contributed by atoms with Crippen molar-refractivity contribution >= 4 is 11.6 Å². The fourth-order valence-corrected chi connectivity index (χ4v) is 3.44. The summed E-state index contributed by atoms with van der Waals surface area (Å²) in [6.45, 7) is 8.65. The molecule has 0 spiro atoms. The number of nitrogens with zero attached hydrogens (tertiary/aromatic N) is 1. The van der Waals surface area contributed by atoms with E-state index in [-0.39, 0.29) is 11.3 Å². The van der Waals surface area contributed by atoms with Crippen molar-refractivity contribution < 1.29 is 14.3 Å². The van der Waals surface area contributed by atoms with Crippen LogP contribution in [-0.4, -0.2) is 30.3 Å². The first-order valence-electron chi connectivity index (χ1n) is 10.5. The van der Waals surface area contributed by atoms with E-state index >= 15 is 0 Å². The molecule has 0 radical (unpaired) electrons. The van der Waals surface area contributed by atoms with Gasteiger partial charge in [0.2, 0.25) is 0 Å². The van der Waals surface area contributed by atoms with Gasteiger partial charge >= 0.3 is 0 Å². The summed E-state index contributed by atoms with van der Waals surface area (Å²) in [6, 6.07) is 13.5. The van der Waals surface area contributed by atoms with Crippen LogP contribution in [0, 0.1) is 0 Å². The summed E-state index contributed by atoms with van der Waals surface area (Å²) in [5.41, 5.74) is 5.11. The lowest BCUT2D eigenvalue weighted by Crippen LogP contribution is -2.14. The van der Waals surface area contributed by atoms with Gasteiger partial charge in [0.25, 0.3) is 5.91 Å². The van der Waals surface area contributed by atoms with Crippen LogP contribution in [0.4, 0.5) is 5.69 Å². The lowest BCUT2D eigenvalue weighted by Gasteiger charge is -2.19. The number of aromatic amines is 1. The third kappa shape index (κ3) is 4.90. The highest BCUT2D eigenvalue weighted by Gasteiger charge is 2.20. The molecule has 3 aromatic rings. The Morgan fingerprint density at radius 2 is 1.71 bits per heavy atom. The molecule has 0 atom stereocenters. The molecule has 1 heterocycles. The number of nitrogens with one attached hydrogen (secondary N) is 2. The minimum Gasteiger partial charge on any atom is -0.493 e. The second-order valence-electron chi connectivity index (χ2n) is 8.53. The summed E-state index contributed by atoms with van der Waals surface area (Å²) in [5.74, 6) is 0.857. The number of carbonyl (C=O) groups excluding carboxylic acids is 1. The first-order valence-corrected chi connectivity index (χ1v) is 10.5. The van der Waals surface area contributed by atoms with Gasteiger partial charge in [0.05, 0.1) is 25.6 Å². The van der Waals surface area contributed by atoms with E-state index in [0.29, 0.717) is 22.7 Å². The molecule has 0 saturated carbocycles. The number of H-pyrrole nitrogens is 1. The molecule has 0 aliphatic rings. The van der Waals surface area contributed by atoms with Crippen molar-refractivity contribution in [1.82, 2.24) is 10.2 Å². The van der Waals surface area contributed by atoms with Crippen molar-refractivity contribution in [3.05, 3.63) is 59.3 Å². The van der Waals surface area contributed by atoms with Crippen LogP contribution in [0.3, 0.4) is 0 Å². The molecule has 0 saturated heterocycles. The third-order valence-electron chi connectivity index (χ3n) is 5.25. The molecule has 6 nitrogen and oxygen atoms in total. The maximum Gasteiger partial charge on any atom is 0.255 e. The zero-order chi connectivity index (χ0) is 22.6. The lowest BCUT2D eigenvalue weighted by molar-refractivity contribution is 0.102. The Kier molecular flexibility index (Phi) is 6.68. The van der Waals surface area contributed by atoms with Crippen molar-refractivity contribution in [3.63, 3.8) is 0 Å². The fourth-order valence-electron chi connectivity index (χ4n) is 3.44. The highest BCUT2D eigenvalue weighted by molar-refractivity contribution is 6.06. The highest BCUT2D eigenvalue weighted by atomic mass is 16.5. The van der Waals surface area contributed by atoms with Gasteiger partial charge in [-0.05, 0) is 35.6 Å². The van der Waals surface area contributed by atoms with Crippen molar-refractivity contribution in [2.24, 2.45) is 0 Å². The molecule has 2 aromatic carbocycles. The number of aromatic nitrogens is 2. The average Bonchev–Trinajstić information content (AvgIpc) is 3.15. The Bertz CT molecular complexity index is 1050. The van der Waals surface area contributed by atoms with E-state index in [9.17, 15) is 4.79 Å². The Balaban J connectivity index is 1.95. The average molecular weight is 422 g/mol. The molecule has 0 bridgehead atoms. The zero-order valence-corrected chi connectivity index (χ0v) is 19.1. The van der Waals surface area contributed by atoms with Gasteiger partial charge in [-0.25, -0.2) is 0 Å². The van der Waals surface area contributed by atoms with Crippen LogP contribution < -0.4 is 14.8 Å². The first-order chi connectivity index (χ1) is 14.8. The molecule has 164 valence electrons. The molecule has 31 heavy (non-hydrogen) atoms. The normalized spacial score (nSPS) is 11.3. The molecule has 3 rings (SSSR count). The molecule has 0 fully saturated rings. The Morgan fingerprint density at radius 1 is 1.03 bits per heavy atom. The van der Waals surface area contributed by atoms with Gasteiger partial charge in [-0.15, -0.1) is 0 Å². The van der Waals surface area contributed by atoms with Gasteiger partial charge in [0, 0.05) is 11.1 Å². The number of ether oxygens (including phenoxy) is 2. The predicted molar refractivity (Wildman–Crippen MR) is 124 cm³/mol. The number of methoxy groups -OCH3 is 2. The first kappa shape index (κ1) is 22.4. The second kappa shape index (κ2) is 9.25. The largest absolute Gasteiger partial charge is 0.493 e.